The third-order valence-electron chi connectivity index (χ3n) is 1.22. The molecular formula is C9H12S. The fraction of sp³-hybridized carbons (Fsp3) is 0.222. The fourth-order valence-corrected chi connectivity index (χ4v) is 1.30. The Morgan fingerprint density at radius 2 is 2.00 bits per heavy atom. The smallest absolute Gasteiger partial charge is 0.0174 e. The minimum Gasteiger partial charge on any atom is -0.200 e. The molecule has 0 saturated heterocycles. The van der Waals surface area contributed by atoms with Gasteiger partial charge in [0, 0.05) is 0 Å². The quantitative estimate of drug-likeness (QED) is 0.488. The van der Waals surface area contributed by atoms with Gasteiger partial charge in [-0.1, -0.05) is 37.3 Å². The van der Waals surface area contributed by atoms with Crippen LogP contribution >= 0.6 is 11.4 Å². The van der Waals surface area contributed by atoms with Crippen molar-refractivity contribution in [2.24, 2.45) is 0 Å². The van der Waals surface area contributed by atoms with Crippen LogP contribution in [0.4, 0.5) is 0 Å². The standard InChI is InChI=1S/C9H12S/c1-2-10-8-9-6-4-3-5-7-9/h3-8,10H,2H2,1H3. The predicted octanol–water partition coefficient (Wildman–Crippen LogP) is 2.32. The largest absolute Gasteiger partial charge is 0.200 e. The molecule has 0 amide bonds. The van der Waals surface area contributed by atoms with Gasteiger partial charge in [0.1, 0.15) is 0 Å². The molecule has 1 aromatic carbocycles. The Bertz CT molecular complexity index is 201. The Labute approximate surface area is 65.9 Å². The second-order valence-electron chi connectivity index (χ2n) is 2.04. The van der Waals surface area contributed by atoms with E-state index in [9.17, 15) is 0 Å². The first-order chi connectivity index (χ1) is 4.93. The van der Waals surface area contributed by atoms with E-state index in [0.29, 0.717) is 0 Å². The van der Waals surface area contributed by atoms with Gasteiger partial charge in [0.25, 0.3) is 0 Å². The van der Waals surface area contributed by atoms with Crippen LogP contribution < -0.4 is 0 Å². The molecule has 0 aromatic heterocycles. The van der Waals surface area contributed by atoms with Gasteiger partial charge in [-0.2, -0.15) is 0 Å². The third-order valence-corrected chi connectivity index (χ3v) is 2.07. The highest BCUT2D eigenvalue weighted by Gasteiger charge is 1.78. The number of benzene rings is 1. The van der Waals surface area contributed by atoms with Crippen molar-refractivity contribution in [3.05, 3.63) is 35.9 Å². The molecule has 1 heteroatoms. The van der Waals surface area contributed by atoms with E-state index in [1.165, 1.54) is 22.7 Å². The third kappa shape index (κ3) is 2.36. The summed E-state index contributed by atoms with van der Waals surface area (Å²) in [6.07, 6.45) is 0. The summed E-state index contributed by atoms with van der Waals surface area (Å²) in [7, 11) is 0. The lowest BCUT2D eigenvalue weighted by Gasteiger charge is -1.88. The monoisotopic (exact) mass is 152 g/mol. The van der Waals surface area contributed by atoms with E-state index in [2.05, 4.69) is 36.6 Å². The molecule has 0 saturated carbocycles. The maximum atomic E-state index is 2.24. The van der Waals surface area contributed by atoms with Crippen LogP contribution in [0.1, 0.15) is 12.5 Å². The van der Waals surface area contributed by atoms with E-state index in [1.54, 1.807) is 0 Å². The van der Waals surface area contributed by atoms with Crippen molar-refractivity contribution in [1.82, 2.24) is 0 Å². The average Bonchev–Trinajstić information content (AvgIpc) is 2.03. The molecule has 0 N–H and O–H groups in total. The van der Waals surface area contributed by atoms with Crippen LogP contribution in [0.25, 0.3) is 0 Å². The van der Waals surface area contributed by atoms with E-state index < -0.39 is 0 Å². The van der Waals surface area contributed by atoms with Gasteiger partial charge in [0.05, 0.1) is 0 Å². The van der Waals surface area contributed by atoms with E-state index in [4.69, 9.17) is 0 Å². The predicted molar refractivity (Wildman–Crippen MR) is 51.1 cm³/mol. The highest BCUT2D eigenvalue weighted by molar-refractivity contribution is 7.97. The minimum absolute atomic E-state index is 1.20. The zero-order valence-corrected chi connectivity index (χ0v) is 7.01. The van der Waals surface area contributed by atoms with Gasteiger partial charge in [0.15, 0.2) is 0 Å². The van der Waals surface area contributed by atoms with Gasteiger partial charge < -0.3 is 0 Å². The van der Waals surface area contributed by atoms with Crippen molar-refractivity contribution in [3.8, 4) is 0 Å². The summed E-state index contributed by atoms with van der Waals surface area (Å²) in [5.41, 5.74) is 1.33. The molecule has 0 aliphatic rings. The molecule has 0 heterocycles. The summed E-state index contributed by atoms with van der Waals surface area (Å²) in [5, 5.41) is 2.24. The van der Waals surface area contributed by atoms with Crippen LogP contribution in [0.5, 0.6) is 0 Å². The second-order valence-corrected chi connectivity index (χ2v) is 3.29. The molecule has 1 aromatic rings. The zero-order chi connectivity index (χ0) is 7.23. The number of rotatable bonds is 2. The van der Waals surface area contributed by atoms with Crippen molar-refractivity contribution >= 4 is 16.7 Å². The van der Waals surface area contributed by atoms with Crippen LogP contribution in [0.15, 0.2) is 30.3 Å². The molecule has 0 atom stereocenters. The Kier molecular flexibility index (Phi) is 3.23. The first kappa shape index (κ1) is 7.55. The van der Waals surface area contributed by atoms with Crippen LogP contribution in [0, 0.1) is 0 Å². The lowest BCUT2D eigenvalue weighted by Crippen LogP contribution is -1.75. The number of hydrogen-bond acceptors (Lipinski definition) is 0. The maximum Gasteiger partial charge on any atom is -0.0174 e. The van der Waals surface area contributed by atoms with Gasteiger partial charge in [-0.25, -0.2) is 11.4 Å². The van der Waals surface area contributed by atoms with Crippen LogP contribution in [-0.2, 0) is 0 Å². The van der Waals surface area contributed by atoms with E-state index in [-0.39, 0.29) is 0 Å². The van der Waals surface area contributed by atoms with Gasteiger partial charge >= 0.3 is 0 Å². The lowest BCUT2D eigenvalue weighted by molar-refractivity contribution is 1.54. The highest BCUT2D eigenvalue weighted by atomic mass is 32.1. The van der Waals surface area contributed by atoms with E-state index in [0.717, 1.165) is 0 Å². The van der Waals surface area contributed by atoms with Crippen molar-refractivity contribution < 1.29 is 0 Å². The van der Waals surface area contributed by atoms with Crippen molar-refractivity contribution in [3.63, 3.8) is 0 Å². The molecular weight excluding hydrogens is 140 g/mol. The molecule has 0 unspecified atom stereocenters. The van der Waals surface area contributed by atoms with E-state index >= 15 is 0 Å². The molecule has 0 bridgehead atoms. The SMILES string of the molecule is CC[SH]=Cc1ccccc1. The van der Waals surface area contributed by atoms with Crippen molar-refractivity contribution in [1.29, 1.82) is 0 Å². The normalized spacial score (nSPS) is 11.3. The molecule has 0 radical (unpaired) electrons. The Hall–Kier alpha value is -0.560. The topological polar surface area (TPSA) is 0 Å². The Morgan fingerprint density at radius 3 is 2.60 bits per heavy atom. The molecule has 0 fully saturated rings. The molecule has 0 nitrogen and oxygen atoms in total. The summed E-state index contributed by atoms with van der Waals surface area (Å²) in [4.78, 5) is 0. The number of hydrogen-bond donors (Lipinski definition) is 1. The molecule has 54 valence electrons. The van der Waals surface area contributed by atoms with Crippen molar-refractivity contribution in [2.45, 2.75) is 6.92 Å². The lowest BCUT2D eigenvalue weighted by atomic mass is 10.2. The van der Waals surface area contributed by atoms with Crippen LogP contribution in [0.2, 0.25) is 0 Å². The summed E-state index contributed by atoms with van der Waals surface area (Å²) in [5.74, 6) is 1.20. The molecule has 1 rings (SSSR count). The average molecular weight is 152 g/mol. The van der Waals surface area contributed by atoms with Gasteiger partial charge in [-0.05, 0) is 16.7 Å². The summed E-state index contributed by atoms with van der Waals surface area (Å²) < 4.78 is 0. The molecule has 0 aliphatic carbocycles. The zero-order valence-electron chi connectivity index (χ0n) is 6.12. The minimum atomic E-state index is 1.20. The summed E-state index contributed by atoms with van der Waals surface area (Å²) in [6.45, 7) is 2.18. The van der Waals surface area contributed by atoms with Gasteiger partial charge in [-0.15, -0.1) is 0 Å². The Balaban J connectivity index is 2.67. The van der Waals surface area contributed by atoms with Crippen LogP contribution in [-0.4, -0.2) is 11.1 Å². The van der Waals surface area contributed by atoms with E-state index in [1.807, 2.05) is 6.07 Å². The van der Waals surface area contributed by atoms with Gasteiger partial charge in [-0.3, -0.25) is 0 Å². The second kappa shape index (κ2) is 4.29. The Morgan fingerprint density at radius 1 is 1.30 bits per heavy atom. The first-order valence-electron chi connectivity index (χ1n) is 3.48. The van der Waals surface area contributed by atoms with Crippen LogP contribution in [0.3, 0.4) is 0 Å². The maximum absolute atomic E-state index is 2.24. The fourth-order valence-electron chi connectivity index (χ4n) is 0.736. The summed E-state index contributed by atoms with van der Waals surface area (Å²) in [6, 6.07) is 10.4. The molecule has 0 aliphatic heterocycles. The van der Waals surface area contributed by atoms with Crippen molar-refractivity contribution in [2.75, 3.05) is 5.75 Å². The first-order valence-corrected chi connectivity index (χ1v) is 4.63. The molecule has 10 heavy (non-hydrogen) atoms. The molecule has 0 spiro atoms. The van der Waals surface area contributed by atoms with Gasteiger partial charge in [0.2, 0.25) is 0 Å². The highest BCUT2D eigenvalue weighted by Crippen LogP contribution is 1.96. The number of thiol groups is 1. The summed E-state index contributed by atoms with van der Waals surface area (Å²) >= 11 is 1.40.